The van der Waals surface area contributed by atoms with E-state index in [1.54, 1.807) is 11.5 Å². The second-order valence-electron chi connectivity index (χ2n) is 10.3. The standard InChI is InChI=1S/C26H33N7O/c1-10-32(11-2)23-24-31-30-22(33(24)20(15-28)19(14-27)29-23)16-12-17(25(3,4)5)21(34-9)18(13-16)26(6,7)8/h12-13H,10-11H2,1-9H3. The molecule has 34 heavy (non-hydrogen) atoms. The Balaban J connectivity index is 2.50. The highest BCUT2D eigenvalue weighted by Crippen LogP contribution is 2.42. The zero-order chi connectivity index (χ0) is 25.4. The third-order valence-corrected chi connectivity index (χ3v) is 5.97. The van der Waals surface area contributed by atoms with Gasteiger partial charge in [-0.2, -0.15) is 10.5 Å². The highest BCUT2D eigenvalue weighted by molar-refractivity contribution is 5.73. The number of hydrogen-bond acceptors (Lipinski definition) is 7. The molecule has 3 rings (SSSR count). The van der Waals surface area contributed by atoms with Crippen molar-refractivity contribution in [2.75, 3.05) is 25.1 Å². The van der Waals surface area contributed by atoms with Crippen LogP contribution < -0.4 is 9.64 Å². The monoisotopic (exact) mass is 459 g/mol. The van der Waals surface area contributed by atoms with Crippen LogP contribution >= 0.6 is 0 Å². The Morgan fingerprint density at radius 3 is 1.91 bits per heavy atom. The van der Waals surface area contributed by atoms with Gasteiger partial charge in [-0.15, -0.1) is 10.2 Å². The molecule has 0 aliphatic heterocycles. The van der Waals surface area contributed by atoms with Gasteiger partial charge in [0.15, 0.2) is 23.0 Å². The van der Waals surface area contributed by atoms with Crippen LogP contribution in [-0.4, -0.2) is 39.8 Å². The molecule has 0 atom stereocenters. The van der Waals surface area contributed by atoms with Crippen molar-refractivity contribution < 1.29 is 4.74 Å². The van der Waals surface area contributed by atoms with Crippen LogP contribution in [0.4, 0.5) is 5.82 Å². The molecule has 2 heterocycles. The van der Waals surface area contributed by atoms with Crippen molar-refractivity contribution in [2.45, 2.75) is 66.2 Å². The fraction of sp³-hybridized carbons (Fsp3) is 0.500. The maximum absolute atomic E-state index is 9.98. The van der Waals surface area contributed by atoms with E-state index in [2.05, 4.69) is 81.0 Å². The van der Waals surface area contributed by atoms with Gasteiger partial charge in [0.25, 0.3) is 0 Å². The fourth-order valence-corrected chi connectivity index (χ4v) is 4.15. The van der Waals surface area contributed by atoms with Crippen molar-refractivity contribution in [3.8, 4) is 29.3 Å². The normalized spacial score (nSPS) is 11.9. The third kappa shape index (κ3) is 4.17. The Hall–Kier alpha value is -3.65. The van der Waals surface area contributed by atoms with Gasteiger partial charge in [0, 0.05) is 29.8 Å². The second kappa shape index (κ2) is 8.95. The summed E-state index contributed by atoms with van der Waals surface area (Å²) in [4.78, 5) is 6.48. The number of hydrogen-bond donors (Lipinski definition) is 0. The molecule has 0 saturated carbocycles. The lowest BCUT2D eigenvalue weighted by Gasteiger charge is -2.29. The van der Waals surface area contributed by atoms with E-state index in [9.17, 15) is 10.5 Å². The summed E-state index contributed by atoms with van der Waals surface area (Å²) in [6.07, 6.45) is 0. The van der Waals surface area contributed by atoms with Gasteiger partial charge < -0.3 is 9.64 Å². The Morgan fingerprint density at radius 2 is 1.50 bits per heavy atom. The Labute approximate surface area is 201 Å². The SMILES string of the molecule is CCN(CC)c1nc(C#N)c(C#N)n2c(-c3cc(C(C)(C)C)c(OC)c(C(C)(C)C)c3)nnc12. The minimum atomic E-state index is -0.203. The Bertz CT molecular complexity index is 1270. The van der Waals surface area contributed by atoms with Crippen molar-refractivity contribution in [3.63, 3.8) is 0 Å². The molecule has 0 N–H and O–H groups in total. The third-order valence-electron chi connectivity index (χ3n) is 5.97. The molecule has 3 aromatic rings. The van der Waals surface area contributed by atoms with Crippen LogP contribution in [0.15, 0.2) is 12.1 Å². The summed E-state index contributed by atoms with van der Waals surface area (Å²) in [5.74, 6) is 1.89. The van der Waals surface area contributed by atoms with E-state index in [0.717, 1.165) is 22.4 Å². The maximum Gasteiger partial charge on any atom is 0.205 e. The molecule has 0 saturated heterocycles. The molecule has 0 bridgehead atoms. The minimum absolute atomic E-state index is 0.0542. The molecular weight excluding hydrogens is 426 g/mol. The Kier molecular flexibility index (Phi) is 6.57. The number of nitrogens with zero attached hydrogens (tertiary/aromatic N) is 7. The molecule has 0 amide bonds. The summed E-state index contributed by atoms with van der Waals surface area (Å²) in [5, 5.41) is 28.7. The van der Waals surface area contributed by atoms with Crippen LogP contribution in [0.25, 0.3) is 17.0 Å². The molecule has 8 nitrogen and oxygen atoms in total. The first-order valence-electron chi connectivity index (χ1n) is 11.5. The average molecular weight is 460 g/mol. The molecule has 0 aliphatic carbocycles. The molecular formula is C26H33N7O. The van der Waals surface area contributed by atoms with Gasteiger partial charge in [-0.05, 0) is 36.8 Å². The van der Waals surface area contributed by atoms with E-state index in [4.69, 9.17) is 4.74 Å². The van der Waals surface area contributed by atoms with E-state index in [-0.39, 0.29) is 22.2 Å². The van der Waals surface area contributed by atoms with E-state index >= 15 is 0 Å². The van der Waals surface area contributed by atoms with Crippen LogP contribution in [0.1, 0.15) is 77.9 Å². The first-order chi connectivity index (χ1) is 15.9. The molecule has 1 aromatic carbocycles. The smallest absolute Gasteiger partial charge is 0.205 e. The van der Waals surface area contributed by atoms with E-state index in [0.29, 0.717) is 30.4 Å². The maximum atomic E-state index is 9.98. The topological polar surface area (TPSA) is 103 Å². The highest BCUT2D eigenvalue weighted by atomic mass is 16.5. The predicted octanol–water partition coefficient (Wildman–Crippen LogP) is 4.98. The average Bonchev–Trinajstić information content (AvgIpc) is 3.22. The highest BCUT2D eigenvalue weighted by Gasteiger charge is 2.30. The summed E-state index contributed by atoms with van der Waals surface area (Å²) in [6, 6.07) is 8.34. The Morgan fingerprint density at radius 1 is 0.941 bits per heavy atom. The van der Waals surface area contributed by atoms with Gasteiger partial charge in [0.1, 0.15) is 17.9 Å². The summed E-state index contributed by atoms with van der Waals surface area (Å²) >= 11 is 0. The molecule has 0 spiro atoms. The van der Waals surface area contributed by atoms with Crippen molar-refractivity contribution in [3.05, 3.63) is 34.6 Å². The largest absolute Gasteiger partial charge is 0.496 e. The number of ether oxygens (including phenoxy) is 1. The van der Waals surface area contributed by atoms with Crippen LogP contribution in [0, 0.1) is 22.7 Å². The second-order valence-corrected chi connectivity index (χ2v) is 10.3. The zero-order valence-corrected chi connectivity index (χ0v) is 21.6. The van der Waals surface area contributed by atoms with Gasteiger partial charge in [-0.1, -0.05) is 41.5 Å². The minimum Gasteiger partial charge on any atom is -0.496 e. The number of fused-ring (bicyclic) bond motifs is 1. The van der Waals surface area contributed by atoms with E-state index < -0.39 is 0 Å². The number of rotatable bonds is 5. The van der Waals surface area contributed by atoms with Gasteiger partial charge in [0.2, 0.25) is 5.65 Å². The van der Waals surface area contributed by atoms with Crippen molar-refractivity contribution in [2.24, 2.45) is 0 Å². The summed E-state index contributed by atoms with van der Waals surface area (Å²) in [6.45, 7) is 18.2. The van der Waals surface area contributed by atoms with Crippen LogP contribution in [-0.2, 0) is 10.8 Å². The molecule has 0 aliphatic rings. The number of benzene rings is 1. The molecule has 0 radical (unpaired) electrons. The van der Waals surface area contributed by atoms with Crippen molar-refractivity contribution in [1.29, 1.82) is 10.5 Å². The van der Waals surface area contributed by atoms with Crippen LogP contribution in [0.3, 0.4) is 0 Å². The van der Waals surface area contributed by atoms with Crippen molar-refractivity contribution in [1.82, 2.24) is 19.6 Å². The first kappa shape index (κ1) is 25.0. The summed E-state index contributed by atoms with van der Waals surface area (Å²) in [5.41, 5.74) is 3.10. The van der Waals surface area contributed by atoms with Crippen LogP contribution in [0.2, 0.25) is 0 Å². The number of aromatic nitrogens is 4. The number of methoxy groups -OCH3 is 1. The number of anilines is 1. The molecule has 0 unspecified atom stereocenters. The van der Waals surface area contributed by atoms with Gasteiger partial charge >= 0.3 is 0 Å². The molecule has 8 heteroatoms. The predicted molar refractivity (Wildman–Crippen MR) is 133 cm³/mol. The molecule has 178 valence electrons. The van der Waals surface area contributed by atoms with Crippen molar-refractivity contribution >= 4 is 11.5 Å². The summed E-state index contributed by atoms with van der Waals surface area (Å²) < 4.78 is 7.56. The molecule has 2 aromatic heterocycles. The number of nitriles is 2. The van der Waals surface area contributed by atoms with E-state index in [1.165, 1.54) is 0 Å². The quantitative estimate of drug-likeness (QED) is 0.530. The summed E-state index contributed by atoms with van der Waals surface area (Å²) in [7, 11) is 1.70. The van der Waals surface area contributed by atoms with E-state index in [1.807, 2.05) is 18.7 Å². The first-order valence-corrected chi connectivity index (χ1v) is 11.5. The van der Waals surface area contributed by atoms with Crippen LogP contribution in [0.5, 0.6) is 5.75 Å². The van der Waals surface area contributed by atoms with Gasteiger partial charge in [0.05, 0.1) is 7.11 Å². The van der Waals surface area contributed by atoms with Gasteiger partial charge in [-0.25, -0.2) is 4.98 Å². The fourth-order valence-electron chi connectivity index (χ4n) is 4.15. The zero-order valence-electron chi connectivity index (χ0n) is 21.6. The van der Waals surface area contributed by atoms with Gasteiger partial charge in [-0.3, -0.25) is 4.40 Å². The molecule has 0 fully saturated rings. The lowest BCUT2D eigenvalue weighted by Crippen LogP contribution is -2.25. The lowest BCUT2D eigenvalue weighted by atomic mass is 9.78. The lowest BCUT2D eigenvalue weighted by molar-refractivity contribution is 0.381.